The predicted molar refractivity (Wildman–Crippen MR) is 159 cm³/mol. The van der Waals surface area contributed by atoms with Gasteiger partial charge < -0.3 is 26.5 Å². The van der Waals surface area contributed by atoms with Gasteiger partial charge in [0.25, 0.3) is 0 Å². The van der Waals surface area contributed by atoms with Crippen LogP contribution in [0.1, 0.15) is 11.7 Å². The van der Waals surface area contributed by atoms with Gasteiger partial charge in [0, 0.05) is 0 Å². The second-order valence-corrected chi connectivity index (χ2v) is 11.4. The Bertz CT molecular complexity index is 2460. The van der Waals surface area contributed by atoms with E-state index in [2.05, 4.69) is 0 Å². The molecule has 0 saturated carbocycles. The van der Waals surface area contributed by atoms with E-state index in [1.54, 1.807) is 24.3 Å². The molecule has 6 aromatic heterocycles. The number of alkyl halides is 3. The maximum atomic E-state index is 14.4. The Morgan fingerprint density at radius 2 is 0.615 bits per heavy atom. The average Bonchev–Trinajstić information content (AvgIpc) is 3.97. The molecule has 1 aliphatic rings. The summed E-state index contributed by atoms with van der Waals surface area (Å²) < 4.78 is 173. The first-order chi connectivity index (χ1) is 24.9. The molecule has 0 radical (unpaired) electrons. The van der Waals surface area contributed by atoms with Crippen LogP contribution in [0.25, 0.3) is 68.9 Å². The highest BCUT2D eigenvalue weighted by atomic mass is 19.2. The van der Waals surface area contributed by atoms with Crippen molar-refractivity contribution in [1.29, 1.82) is 0 Å². The van der Waals surface area contributed by atoms with Gasteiger partial charge in [-0.25, -0.2) is 43.9 Å². The molecule has 8 rings (SSSR count). The zero-order valence-electron chi connectivity index (χ0n) is 25.5. The first kappa shape index (κ1) is 33.1. The zero-order chi connectivity index (χ0) is 36.6. The molecular formula is C36H16F10O6. The summed E-state index contributed by atoms with van der Waals surface area (Å²) in [7, 11) is 0. The Balaban J connectivity index is 0.981. The molecule has 266 valence electrons. The third-order valence-electron chi connectivity index (χ3n) is 8.31. The highest BCUT2D eigenvalue weighted by molar-refractivity contribution is 5.67. The Morgan fingerprint density at radius 1 is 0.327 bits per heavy atom. The van der Waals surface area contributed by atoms with Gasteiger partial charge in [-0.15, -0.1) is 0 Å². The standard InChI is InChI=1S/C36H16F10O6/c37-27-25(28(38)32(42)35(45)31(27)41)23-11-9-21(51-23)19-7-5-17(49-19)15-3-1-13(47-15)14-2-4-16(48-14)18-6-8-20(50-18)22-10-12-24(52-22)26-29(39)33(43)36(46)34(44)30(26)40/h1-12,25,27-28,31H. The Morgan fingerprint density at radius 3 is 1.02 bits per heavy atom. The van der Waals surface area contributed by atoms with Crippen LogP contribution in [0, 0.1) is 29.1 Å². The maximum Gasteiger partial charge on any atom is 0.200 e. The number of allylic oxidation sites excluding steroid dienone is 2. The third-order valence-corrected chi connectivity index (χ3v) is 8.31. The molecule has 4 unspecified atom stereocenters. The minimum absolute atomic E-state index is 0.0323. The van der Waals surface area contributed by atoms with Crippen molar-refractivity contribution in [2.75, 3.05) is 0 Å². The average molecular weight is 734 g/mol. The number of hydrogen-bond donors (Lipinski definition) is 0. The fourth-order valence-electron chi connectivity index (χ4n) is 5.71. The lowest BCUT2D eigenvalue weighted by Crippen LogP contribution is -2.37. The molecular weight excluding hydrogens is 718 g/mol. The van der Waals surface area contributed by atoms with Crippen LogP contribution in [0.4, 0.5) is 43.9 Å². The fraction of sp³-hybridized carbons (Fsp3) is 0.111. The smallest absolute Gasteiger partial charge is 0.200 e. The molecule has 0 spiro atoms. The van der Waals surface area contributed by atoms with E-state index < -0.39 is 82.3 Å². The first-order valence-corrected chi connectivity index (χ1v) is 15.0. The van der Waals surface area contributed by atoms with Gasteiger partial charge in [0.15, 0.2) is 111 Å². The number of hydrogen-bond acceptors (Lipinski definition) is 6. The van der Waals surface area contributed by atoms with E-state index >= 15 is 0 Å². The van der Waals surface area contributed by atoms with Crippen LogP contribution in [-0.4, -0.2) is 18.5 Å². The molecule has 0 N–H and O–H groups in total. The summed E-state index contributed by atoms with van der Waals surface area (Å²) in [4.78, 5) is 0. The van der Waals surface area contributed by atoms with Crippen LogP contribution >= 0.6 is 0 Å². The van der Waals surface area contributed by atoms with E-state index in [1.165, 1.54) is 36.4 Å². The summed E-state index contributed by atoms with van der Waals surface area (Å²) in [5.74, 6) is -16.7. The molecule has 52 heavy (non-hydrogen) atoms. The quantitative estimate of drug-likeness (QED) is 0.0922. The molecule has 7 aromatic rings. The predicted octanol–water partition coefficient (Wildman–Crippen LogP) is 12.2. The molecule has 0 bridgehead atoms. The normalized spacial score (nSPS) is 19.3. The molecule has 0 aliphatic heterocycles. The van der Waals surface area contributed by atoms with Gasteiger partial charge in [-0.1, -0.05) is 0 Å². The molecule has 6 nitrogen and oxygen atoms in total. The van der Waals surface area contributed by atoms with Crippen LogP contribution in [0.3, 0.4) is 0 Å². The molecule has 16 heteroatoms. The van der Waals surface area contributed by atoms with E-state index in [1.807, 2.05) is 0 Å². The van der Waals surface area contributed by atoms with Gasteiger partial charge in [0.2, 0.25) is 5.82 Å². The monoisotopic (exact) mass is 734 g/mol. The summed E-state index contributed by atoms with van der Waals surface area (Å²) in [6, 6.07) is 16.7. The number of benzene rings is 1. The molecule has 4 atom stereocenters. The highest BCUT2D eigenvalue weighted by Crippen LogP contribution is 2.45. The number of furan rings is 6. The van der Waals surface area contributed by atoms with Crippen LogP contribution in [0.2, 0.25) is 0 Å². The lowest BCUT2D eigenvalue weighted by molar-refractivity contribution is 0.0705. The van der Waals surface area contributed by atoms with Crippen molar-refractivity contribution in [1.82, 2.24) is 0 Å². The van der Waals surface area contributed by atoms with Gasteiger partial charge in [0.1, 0.15) is 11.5 Å². The summed E-state index contributed by atoms with van der Waals surface area (Å²) in [6.45, 7) is 0. The first-order valence-electron chi connectivity index (χ1n) is 15.0. The van der Waals surface area contributed by atoms with Crippen molar-refractivity contribution in [2.45, 2.75) is 24.4 Å². The largest absolute Gasteiger partial charge is 0.457 e. The maximum absolute atomic E-state index is 14.4. The fourth-order valence-corrected chi connectivity index (χ4v) is 5.71. The Hall–Kier alpha value is -6.06. The molecule has 1 aromatic carbocycles. The Labute approximate surface area is 283 Å². The summed E-state index contributed by atoms with van der Waals surface area (Å²) in [6.07, 6.45) is -8.49. The summed E-state index contributed by atoms with van der Waals surface area (Å²) in [5.41, 5.74) is -1.24. The van der Waals surface area contributed by atoms with Crippen molar-refractivity contribution in [3.05, 3.63) is 119 Å². The summed E-state index contributed by atoms with van der Waals surface area (Å²) >= 11 is 0. The topological polar surface area (TPSA) is 78.8 Å². The van der Waals surface area contributed by atoms with E-state index in [9.17, 15) is 43.9 Å². The van der Waals surface area contributed by atoms with Crippen LogP contribution in [-0.2, 0) is 0 Å². The molecule has 1 aliphatic carbocycles. The second-order valence-electron chi connectivity index (χ2n) is 11.4. The molecule has 0 fully saturated rings. The zero-order valence-corrected chi connectivity index (χ0v) is 25.5. The SMILES string of the molecule is FC1=C(F)C(F)C(c2ccc(-c3ccc(-c4ccc(-c5ccc(-c6ccc(-c7ccc(-c8c(F)c(F)c(F)c(F)c8F)o7)o6)o5)o4)o3)o2)C(F)C1F. The molecule has 0 saturated heterocycles. The minimum atomic E-state index is -2.98. The van der Waals surface area contributed by atoms with E-state index in [0.717, 1.165) is 12.1 Å². The third kappa shape index (κ3) is 5.27. The lowest BCUT2D eigenvalue weighted by Gasteiger charge is -2.28. The van der Waals surface area contributed by atoms with Gasteiger partial charge in [0.05, 0.1) is 11.5 Å². The van der Waals surface area contributed by atoms with Crippen molar-refractivity contribution >= 4 is 0 Å². The van der Waals surface area contributed by atoms with Crippen molar-refractivity contribution < 1.29 is 70.4 Å². The van der Waals surface area contributed by atoms with E-state index in [0.29, 0.717) is 0 Å². The minimum Gasteiger partial charge on any atom is -0.457 e. The van der Waals surface area contributed by atoms with Crippen molar-refractivity contribution in [2.24, 2.45) is 0 Å². The molecule has 6 heterocycles. The van der Waals surface area contributed by atoms with Gasteiger partial charge >= 0.3 is 0 Å². The number of rotatable bonds is 7. The van der Waals surface area contributed by atoms with E-state index in [4.69, 9.17) is 26.5 Å². The van der Waals surface area contributed by atoms with E-state index in [-0.39, 0.29) is 57.6 Å². The molecule has 0 amide bonds. The number of halogens is 10. The summed E-state index contributed by atoms with van der Waals surface area (Å²) in [5, 5.41) is 0. The van der Waals surface area contributed by atoms with Crippen LogP contribution < -0.4 is 0 Å². The second kappa shape index (κ2) is 12.3. The van der Waals surface area contributed by atoms with Crippen molar-refractivity contribution in [3.63, 3.8) is 0 Å². The Kier molecular flexibility index (Phi) is 7.84. The lowest BCUT2D eigenvalue weighted by atomic mass is 9.86. The van der Waals surface area contributed by atoms with Crippen LogP contribution in [0.5, 0.6) is 0 Å². The van der Waals surface area contributed by atoms with Crippen LogP contribution in [0.15, 0.2) is 111 Å². The highest BCUT2D eigenvalue weighted by Gasteiger charge is 2.49. The van der Waals surface area contributed by atoms with Gasteiger partial charge in [-0.05, 0) is 72.8 Å². The van der Waals surface area contributed by atoms with Crippen molar-refractivity contribution in [3.8, 4) is 68.9 Å². The van der Waals surface area contributed by atoms with Gasteiger partial charge in [-0.3, -0.25) is 0 Å². The van der Waals surface area contributed by atoms with Gasteiger partial charge in [-0.2, -0.15) is 0 Å².